The number of benzene rings is 1. The van der Waals surface area contributed by atoms with E-state index in [0.717, 1.165) is 12.8 Å². The number of carbonyl (C=O) groups is 1. The Balaban J connectivity index is 2.51. The smallest absolute Gasteiger partial charge is 0.326 e. The molecule has 1 aromatic rings. The molecule has 1 unspecified atom stereocenters. The molecular weight excluding hydrogens is 272 g/mol. The predicted octanol–water partition coefficient (Wildman–Crippen LogP) is 2.98. The van der Waals surface area contributed by atoms with Crippen molar-refractivity contribution in [2.45, 2.75) is 39.7 Å². The SMILES string of the molecule is Cc1c(N2CCCC(C)(C)C2C(=O)O)cccc1[N+](=O)[O-]. The zero-order valence-corrected chi connectivity index (χ0v) is 12.5. The molecule has 0 saturated carbocycles. The third-order valence-corrected chi connectivity index (χ3v) is 4.29. The summed E-state index contributed by atoms with van der Waals surface area (Å²) < 4.78 is 0. The second-order valence-electron chi connectivity index (χ2n) is 6.20. The van der Waals surface area contributed by atoms with E-state index in [2.05, 4.69) is 0 Å². The Kier molecular flexibility index (Phi) is 3.89. The molecule has 0 aliphatic carbocycles. The lowest BCUT2D eigenvalue weighted by Gasteiger charge is -2.45. The van der Waals surface area contributed by atoms with Gasteiger partial charge in [-0.1, -0.05) is 19.9 Å². The van der Waals surface area contributed by atoms with Crippen LogP contribution in [0.2, 0.25) is 0 Å². The van der Waals surface area contributed by atoms with Crippen LogP contribution in [-0.4, -0.2) is 28.6 Å². The standard InChI is InChI=1S/C15H20N2O4/c1-10-11(6-4-7-12(10)17(20)21)16-9-5-8-15(2,3)13(16)14(18)19/h4,6-7,13H,5,8-9H2,1-3H3,(H,18,19). The molecule has 0 amide bonds. The summed E-state index contributed by atoms with van der Waals surface area (Å²) in [4.78, 5) is 24.2. The van der Waals surface area contributed by atoms with Crippen molar-refractivity contribution in [2.75, 3.05) is 11.4 Å². The first kappa shape index (κ1) is 15.3. The van der Waals surface area contributed by atoms with Crippen molar-refractivity contribution >= 4 is 17.3 Å². The number of nitro benzene ring substituents is 1. The van der Waals surface area contributed by atoms with E-state index in [-0.39, 0.29) is 11.1 Å². The van der Waals surface area contributed by atoms with Gasteiger partial charge in [0.1, 0.15) is 6.04 Å². The van der Waals surface area contributed by atoms with Gasteiger partial charge >= 0.3 is 5.97 Å². The summed E-state index contributed by atoms with van der Waals surface area (Å²) >= 11 is 0. The number of carboxylic acids is 1. The van der Waals surface area contributed by atoms with Gasteiger partial charge in [0.05, 0.1) is 10.5 Å². The van der Waals surface area contributed by atoms with Gasteiger partial charge in [0.2, 0.25) is 0 Å². The fourth-order valence-electron chi connectivity index (χ4n) is 3.24. The molecule has 1 N–H and O–H groups in total. The van der Waals surface area contributed by atoms with Crippen molar-refractivity contribution in [1.82, 2.24) is 0 Å². The number of nitro groups is 1. The lowest BCUT2D eigenvalue weighted by molar-refractivity contribution is -0.385. The molecular formula is C15H20N2O4. The van der Waals surface area contributed by atoms with Crippen molar-refractivity contribution in [3.8, 4) is 0 Å². The molecule has 1 fully saturated rings. The minimum Gasteiger partial charge on any atom is -0.480 e. The average Bonchev–Trinajstić information content (AvgIpc) is 2.36. The Labute approximate surface area is 123 Å². The van der Waals surface area contributed by atoms with E-state index in [4.69, 9.17) is 0 Å². The lowest BCUT2D eigenvalue weighted by Crippen LogP contribution is -2.54. The van der Waals surface area contributed by atoms with Gasteiger partial charge in [-0.25, -0.2) is 4.79 Å². The van der Waals surface area contributed by atoms with Gasteiger partial charge in [-0.3, -0.25) is 10.1 Å². The zero-order valence-electron chi connectivity index (χ0n) is 12.5. The van der Waals surface area contributed by atoms with Crippen molar-refractivity contribution in [3.05, 3.63) is 33.9 Å². The summed E-state index contributed by atoms with van der Waals surface area (Å²) in [6.07, 6.45) is 1.70. The first-order chi connectivity index (χ1) is 9.75. The van der Waals surface area contributed by atoms with Gasteiger partial charge in [-0.2, -0.15) is 0 Å². The topological polar surface area (TPSA) is 83.7 Å². The first-order valence-corrected chi connectivity index (χ1v) is 6.99. The minimum atomic E-state index is -0.884. The fourth-order valence-corrected chi connectivity index (χ4v) is 3.24. The third-order valence-electron chi connectivity index (χ3n) is 4.29. The van der Waals surface area contributed by atoms with E-state index < -0.39 is 16.9 Å². The van der Waals surface area contributed by atoms with Gasteiger partial charge in [0.15, 0.2) is 0 Å². The molecule has 1 aromatic carbocycles. The van der Waals surface area contributed by atoms with Gasteiger partial charge < -0.3 is 10.0 Å². The molecule has 1 aliphatic heterocycles. The molecule has 1 heterocycles. The number of carboxylic acid groups (broad SMARTS) is 1. The number of rotatable bonds is 3. The van der Waals surface area contributed by atoms with E-state index >= 15 is 0 Å². The summed E-state index contributed by atoms with van der Waals surface area (Å²) in [7, 11) is 0. The van der Waals surface area contributed by atoms with Crippen LogP contribution in [0.5, 0.6) is 0 Å². The van der Waals surface area contributed by atoms with E-state index in [0.29, 0.717) is 17.8 Å². The summed E-state index contributed by atoms with van der Waals surface area (Å²) in [6, 6.07) is 4.15. The second kappa shape index (κ2) is 5.35. The number of piperidine rings is 1. The van der Waals surface area contributed by atoms with Crippen LogP contribution in [0.4, 0.5) is 11.4 Å². The Hall–Kier alpha value is -2.11. The zero-order chi connectivity index (χ0) is 15.8. The number of anilines is 1. The molecule has 114 valence electrons. The number of nitrogens with zero attached hydrogens (tertiary/aromatic N) is 2. The first-order valence-electron chi connectivity index (χ1n) is 6.99. The highest BCUT2D eigenvalue weighted by Gasteiger charge is 2.43. The van der Waals surface area contributed by atoms with Gasteiger partial charge in [-0.15, -0.1) is 0 Å². The summed E-state index contributed by atoms with van der Waals surface area (Å²) in [5.41, 5.74) is 0.817. The highest BCUT2D eigenvalue weighted by atomic mass is 16.6. The predicted molar refractivity (Wildman–Crippen MR) is 79.6 cm³/mol. The molecule has 1 saturated heterocycles. The maximum absolute atomic E-state index is 11.7. The van der Waals surface area contributed by atoms with E-state index in [1.54, 1.807) is 24.0 Å². The van der Waals surface area contributed by atoms with Crippen LogP contribution in [-0.2, 0) is 4.79 Å². The van der Waals surface area contributed by atoms with Crippen molar-refractivity contribution < 1.29 is 14.8 Å². The molecule has 2 rings (SSSR count). The summed E-state index contributed by atoms with van der Waals surface area (Å²) in [5.74, 6) is -0.884. The monoisotopic (exact) mass is 292 g/mol. The quantitative estimate of drug-likeness (QED) is 0.684. The summed E-state index contributed by atoms with van der Waals surface area (Å²) in [6.45, 7) is 6.14. The Morgan fingerprint density at radius 1 is 1.48 bits per heavy atom. The molecule has 1 aliphatic rings. The molecule has 0 spiro atoms. The second-order valence-corrected chi connectivity index (χ2v) is 6.20. The van der Waals surface area contributed by atoms with Crippen LogP contribution >= 0.6 is 0 Å². The van der Waals surface area contributed by atoms with Crippen molar-refractivity contribution in [2.24, 2.45) is 5.41 Å². The van der Waals surface area contributed by atoms with Crippen LogP contribution in [0.25, 0.3) is 0 Å². The van der Waals surface area contributed by atoms with Crippen LogP contribution in [0.3, 0.4) is 0 Å². The van der Waals surface area contributed by atoms with E-state index in [1.165, 1.54) is 6.07 Å². The third kappa shape index (κ3) is 2.70. The molecule has 0 bridgehead atoms. The van der Waals surface area contributed by atoms with Crippen molar-refractivity contribution in [3.63, 3.8) is 0 Å². The molecule has 0 aromatic heterocycles. The molecule has 0 radical (unpaired) electrons. The molecule has 1 atom stereocenters. The Bertz CT molecular complexity index is 583. The van der Waals surface area contributed by atoms with Gasteiger partial charge in [0.25, 0.3) is 5.69 Å². The number of hydrogen-bond acceptors (Lipinski definition) is 4. The average molecular weight is 292 g/mol. The van der Waals surface area contributed by atoms with E-state index in [1.807, 2.05) is 13.8 Å². The van der Waals surface area contributed by atoms with Crippen LogP contribution in [0.15, 0.2) is 18.2 Å². The number of aliphatic carboxylic acids is 1. The van der Waals surface area contributed by atoms with Crippen LogP contribution in [0.1, 0.15) is 32.3 Å². The van der Waals surface area contributed by atoms with Crippen LogP contribution < -0.4 is 4.90 Å². The largest absolute Gasteiger partial charge is 0.480 e. The lowest BCUT2D eigenvalue weighted by atomic mass is 9.76. The van der Waals surface area contributed by atoms with Crippen LogP contribution in [0, 0.1) is 22.5 Å². The van der Waals surface area contributed by atoms with Gasteiger partial charge in [0, 0.05) is 18.3 Å². The number of hydrogen-bond donors (Lipinski definition) is 1. The van der Waals surface area contributed by atoms with Crippen molar-refractivity contribution in [1.29, 1.82) is 0 Å². The summed E-state index contributed by atoms with van der Waals surface area (Å²) in [5, 5.41) is 20.7. The highest BCUT2D eigenvalue weighted by molar-refractivity contribution is 5.81. The minimum absolute atomic E-state index is 0.0278. The fraction of sp³-hybridized carbons (Fsp3) is 0.533. The maximum Gasteiger partial charge on any atom is 0.326 e. The Morgan fingerprint density at radius 3 is 2.71 bits per heavy atom. The highest BCUT2D eigenvalue weighted by Crippen LogP contribution is 2.40. The molecule has 21 heavy (non-hydrogen) atoms. The van der Waals surface area contributed by atoms with E-state index in [9.17, 15) is 20.0 Å². The molecule has 6 nitrogen and oxygen atoms in total. The van der Waals surface area contributed by atoms with Gasteiger partial charge in [-0.05, 0) is 31.2 Å². The molecule has 6 heteroatoms. The maximum atomic E-state index is 11.7. The Morgan fingerprint density at radius 2 is 2.14 bits per heavy atom. The normalized spacial score (nSPS) is 21.1.